The van der Waals surface area contributed by atoms with Gasteiger partial charge in [-0.25, -0.2) is 0 Å². The number of hydrogen-bond acceptors (Lipinski definition) is 4. The molecule has 5 nitrogen and oxygen atoms in total. The highest BCUT2D eigenvalue weighted by Gasteiger charge is 2.02. The Bertz CT molecular complexity index is 614. The first kappa shape index (κ1) is 18.3. The van der Waals surface area contributed by atoms with E-state index in [0.717, 1.165) is 30.2 Å². The fourth-order valence-electron chi connectivity index (χ4n) is 2.23. The van der Waals surface area contributed by atoms with Crippen LogP contribution in [0.5, 0.6) is 5.75 Å². The summed E-state index contributed by atoms with van der Waals surface area (Å²) in [5.41, 5.74) is 1.05. The van der Waals surface area contributed by atoms with Crippen LogP contribution in [0.25, 0.3) is 0 Å². The Morgan fingerprint density at radius 1 is 1.12 bits per heavy atom. The number of rotatable bonds is 9. The van der Waals surface area contributed by atoms with Crippen LogP contribution in [0.1, 0.15) is 10.4 Å². The van der Waals surface area contributed by atoms with E-state index in [0.29, 0.717) is 19.8 Å². The Hall–Kier alpha value is -2.05. The number of nitrogens with one attached hydrogen (secondary N) is 2. The molecule has 0 spiro atoms. The molecule has 0 amide bonds. The summed E-state index contributed by atoms with van der Waals surface area (Å²) in [6, 6.07) is 12.1. The van der Waals surface area contributed by atoms with Gasteiger partial charge in [-0.1, -0.05) is 24.3 Å². The second kappa shape index (κ2) is 10.7. The molecule has 2 rings (SSSR count). The second-order valence-electron chi connectivity index (χ2n) is 5.12. The minimum absolute atomic E-state index is 0.538. The first-order valence-electron chi connectivity index (χ1n) is 8.00. The number of benzene rings is 1. The maximum atomic E-state index is 5.70. The van der Waals surface area contributed by atoms with Gasteiger partial charge in [0.2, 0.25) is 0 Å². The molecular weight excluding hydrogens is 322 g/mol. The normalized spacial score (nSPS) is 11.3. The molecule has 1 aromatic heterocycles. The van der Waals surface area contributed by atoms with Gasteiger partial charge < -0.3 is 20.1 Å². The fraction of sp³-hybridized carbons (Fsp3) is 0.389. The topological polar surface area (TPSA) is 54.9 Å². The summed E-state index contributed by atoms with van der Waals surface area (Å²) in [5.74, 6) is 1.66. The van der Waals surface area contributed by atoms with Gasteiger partial charge >= 0.3 is 0 Å². The number of methoxy groups -OCH3 is 1. The molecule has 2 N–H and O–H groups in total. The van der Waals surface area contributed by atoms with Gasteiger partial charge in [-0.05, 0) is 23.9 Å². The third-order valence-corrected chi connectivity index (χ3v) is 4.39. The Morgan fingerprint density at radius 2 is 1.96 bits per heavy atom. The van der Waals surface area contributed by atoms with Gasteiger partial charge in [0.15, 0.2) is 5.96 Å². The Labute approximate surface area is 147 Å². The molecule has 0 atom stereocenters. The lowest BCUT2D eigenvalue weighted by Crippen LogP contribution is -2.39. The van der Waals surface area contributed by atoms with Gasteiger partial charge in [0.1, 0.15) is 5.75 Å². The van der Waals surface area contributed by atoms with Crippen LogP contribution in [-0.2, 0) is 17.8 Å². The number of nitrogens with zero attached hydrogens (tertiary/aromatic N) is 1. The van der Waals surface area contributed by atoms with E-state index < -0.39 is 0 Å². The summed E-state index contributed by atoms with van der Waals surface area (Å²) in [6.07, 6.45) is 1.00. The SMILES string of the molecule is CN=C(NCCOCc1ccccc1OC)NCCc1cccs1. The number of hydrogen-bond donors (Lipinski definition) is 2. The molecule has 0 saturated heterocycles. The van der Waals surface area contributed by atoms with Crippen molar-refractivity contribution >= 4 is 17.3 Å². The van der Waals surface area contributed by atoms with E-state index in [4.69, 9.17) is 9.47 Å². The average Bonchev–Trinajstić information content (AvgIpc) is 3.13. The van der Waals surface area contributed by atoms with Crippen molar-refractivity contribution in [2.24, 2.45) is 4.99 Å². The van der Waals surface area contributed by atoms with E-state index in [1.807, 2.05) is 24.3 Å². The lowest BCUT2D eigenvalue weighted by Gasteiger charge is -2.12. The van der Waals surface area contributed by atoms with Crippen molar-refractivity contribution in [1.82, 2.24) is 10.6 Å². The molecule has 0 bridgehead atoms. The van der Waals surface area contributed by atoms with E-state index in [1.165, 1.54) is 4.88 Å². The average molecular weight is 347 g/mol. The number of ether oxygens (including phenoxy) is 2. The maximum Gasteiger partial charge on any atom is 0.191 e. The van der Waals surface area contributed by atoms with Crippen molar-refractivity contribution < 1.29 is 9.47 Å². The molecule has 2 aromatic rings. The molecule has 0 aliphatic carbocycles. The number of guanidine groups is 1. The van der Waals surface area contributed by atoms with Gasteiger partial charge in [0.25, 0.3) is 0 Å². The van der Waals surface area contributed by atoms with Gasteiger partial charge in [-0.3, -0.25) is 4.99 Å². The largest absolute Gasteiger partial charge is 0.496 e. The quantitative estimate of drug-likeness (QED) is 0.416. The molecule has 0 saturated carbocycles. The zero-order valence-corrected chi connectivity index (χ0v) is 15.1. The molecule has 0 aliphatic rings. The fourth-order valence-corrected chi connectivity index (χ4v) is 2.93. The van der Waals surface area contributed by atoms with Crippen molar-refractivity contribution in [2.45, 2.75) is 13.0 Å². The molecular formula is C18H25N3O2S. The Morgan fingerprint density at radius 3 is 2.71 bits per heavy atom. The summed E-state index contributed by atoms with van der Waals surface area (Å²) in [4.78, 5) is 5.59. The van der Waals surface area contributed by atoms with E-state index in [1.54, 1.807) is 25.5 Å². The van der Waals surface area contributed by atoms with Gasteiger partial charge in [-0.15, -0.1) is 11.3 Å². The monoisotopic (exact) mass is 347 g/mol. The standard InChI is InChI=1S/C18H25N3O2S/c1-19-18(20-10-9-16-7-5-13-24-16)21-11-12-23-14-15-6-3-4-8-17(15)22-2/h3-8,13H,9-12,14H2,1-2H3,(H2,19,20,21). The van der Waals surface area contributed by atoms with Crippen LogP contribution >= 0.6 is 11.3 Å². The minimum atomic E-state index is 0.538. The van der Waals surface area contributed by atoms with E-state index in [-0.39, 0.29) is 0 Å². The van der Waals surface area contributed by atoms with Gasteiger partial charge in [0, 0.05) is 30.6 Å². The first-order valence-corrected chi connectivity index (χ1v) is 8.88. The molecule has 0 radical (unpaired) electrons. The van der Waals surface area contributed by atoms with E-state index in [9.17, 15) is 0 Å². The lowest BCUT2D eigenvalue weighted by molar-refractivity contribution is 0.123. The summed E-state index contributed by atoms with van der Waals surface area (Å²) >= 11 is 1.78. The summed E-state index contributed by atoms with van der Waals surface area (Å²) < 4.78 is 11.0. The molecule has 1 aromatic carbocycles. The molecule has 6 heteroatoms. The Kier molecular flexibility index (Phi) is 8.13. The van der Waals surface area contributed by atoms with Crippen LogP contribution in [-0.4, -0.2) is 39.8 Å². The molecule has 24 heavy (non-hydrogen) atoms. The van der Waals surface area contributed by atoms with Crippen LogP contribution in [0, 0.1) is 0 Å². The predicted octanol–water partition coefficient (Wildman–Crippen LogP) is 2.68. The minimum Gasteiger partial charge on any atom is -0.496 e. The van der Waals surface area contributed by atoms with Crippen LogP contribution in [0.3, 0.4) is 0 Å². The van der Waals surface area contributed by atoms with Crippen molar-refractivity contribution in [3.63, 3.8) is 0 Å². The summed E-state index contributed by atoms with van der Waals surface area (Å²) in [6.45, 7) is 2.70. The highest BCUT2D eigenvalue weighted by atomic mass is 32.1. The van der Waals surface area contributed by atoms with E-state index in [2.05, 4.69) is 33.1 Å². The third kappa shape index (κ3) is 6.22. The smallest absolute Gasteiger partial charge is 0.191 e. The van der Waals surface area contributed by atoms with Crippen LogP contribution in [0.4, 0.5) is 0 Å². The van der Waals surface area contributed by atoms with Crippen molar-refractivity contribution in [2.75, 3.05) is 33.9 Å². The van der Waals surface area contributed by atoms with Gasteiger partial charge in [0.05, 0.1) is 20.3 Å². The van der Waals surface area contributed by atoms with Gasteiger partial charge in [-0.2, -0.15) is 0 Å². The lowest BCUT2D eigenvalue weighted by atomic mass is 10.2. The summed E-state index contributed by atoms with van der Waals surface area (Å²) in [5, 5.41) is 8.65. The van der Waals surface area contributed by atoms with E-state index >= 15 is 0 Å². The molecule has 0 unspecified atom stereocenters. The number of aliphatic imine (C=N–C) groups is 1. The van der Waals surface area contributed by atoms with Crippen molar-refractivity contribution in [3.8, 4) is 5.75 Å². The zero-order chi connectivity index (χ0) is 17.0. The molecule has 130 valence electrons. The van der Waals surface area contributed by atoms with Crippen molar-refractivity contribution in [1.29, 1.82) is 0 Å². The Balaban J connectivity index is 1.60. The highest BCUT2D eigenvalue weighted by Crippen LogP contribution is 2.17. The number of thiophene rings is 1. The highest BCUT2D eigenvalue weighted by molar-refractivity contribution is 7.09. The second-order valence-corrected chi connectivity index (χ2v) is 6.15. The predicted molar refractivity (Wildman–Crippen MR) is 100 cm³/mol. The van der Waals surface area contributed by atoms with Crippen molar-refractivity contribution in [3.05, 3.63) is 52.2 Å². The van der Waals surface area contributed by atoms with Crippen LogP contribution in [0.2, 0.25) is 0 Å². The molecule has 1 heterocycles. The molecule has 0 aliphatic heterocycles. The zero-order valence-electron chi connectivity index (χ0n) is 14.2. The van der Waals surface area contributed by atoms with Crippen LogP contribution < -0.4 is 15.4 Å². The number of para-hydroxylation sites is 1. The maximum absolute atomic E-state index is 5.70. The summed E-state index contributed by atoms with van der Waals surface area (Å²) in [7, 11) is 3.45. The third-order valence-electron chi connectivity index (χ3n) is 3.46. The molecule has 0 fully saturated rings. The first-order chi connectivity index (χ1) is 11.8. The van der Waals surface area contributed by atoms with Crippen LogP contribution in [0.15, 0.2) is 46.8 Å².